The molecule has 0 aliphatic rings. The molecule has 1 aromatic heterocycles. The van der Waals surface area contributed by atoms with E-state index in [-0.39, 0.29) is 21.3 Å². The molecule has 174 valence electrons. The highest BCUT2D eigenvalue weighted by Crippen LogP contribution is 2.31. The summed E-state index contributed by atoms with van der Waals surface area (Å²) in [5.41, 5.74) is 2.22. The van der Waals surface area contributed by atoms with E-state index in [1.54, 1.807) is 36.4 Å². The minimum absolute atomic E-state index is 0.143. The summed E-state index contributed by atoms with van der Waals surface area (Å²) in [5, 5.41) is 10.5. The molecule has 0 bridgehead atoms. The Balaban J connectivity index is 1.51. The van der Waals surface area contributed by atoms with E-state index >= 15 is 0 Å². The summed E-state index contributed by atoms with van der Waals surface area (Å²) in [6, 6.07) is 24.2. The van der Waals surface area contributed by atoms with E-state index in [0.717, 1.165) is 17.5 Å². The summed E-state index contributed by atoms with van der Waals surface area (Å²) in [6.45, 7) is 1.88. The number of anilines is 1. The maximum absolute atomic E-state index is 12.7. The Morgan fingerprint density at radius 3 is 2.38 bits per heavy atom. The smallest absolute Gasteiger partial charge is 0.353 e. The quantitative estimate of drug-likeness (QED) is 0.317. The topological polar surface area (TPSA) is 96.6 Å². The first-order chi connectivity index (χ1) is 16.3. The molecule has 0 unspecified atom stereocenters. The van der Waals surface area contributed by atoms with Crippen molar-refractivity contribution >= 4 is 27.5 Å². The molecule has 0 spiro atoms. The number of thioether (sulfide) groups is 1. The van der Waals surface area contributed by atoms with Crippen LogP contribution in [0.5, 0.6) is 5.75 Å². The second-order valence-electron chi connectivity index (χ2n) is 7.70. The van der Waals surface area contributed by atoms with Gasteiger partial charge in [-0.2, -0.15) is 0 Å². The fourth-order valence-electron chi connectivity index (χ4n) is 3.33. The molecular formula is C26H23NO5S2. The van der Waals surface area contributed by atoms with Gasteiger partial charge in [-0.25, -0.2) is 13.2 Å². The molecule has 4 rings (SSSR count). The van der Waals surface area contributed by atoms with Crippen molar-refractivity contribution in [2.45, 2.75) is 23.1 Å². The predicted octanol–water partition coefficient (Wildman–Crippen LogP) is 5.46. The zero-order valence-corrected chi connectivity index (χ0v) is 20.0. The number of benzene rings is 3. The van der Waals surface area contributed by atoms with Crippen LogP contribution < -0.4 is 10.3 Å². The third-order valence-corrected chi connectivity index (χ3v) is 7.57. The minimum Gasteiger partial charge on any atom is -0.506 e. The average Bonchev–Trinajstić information content (AvgIpc) is 2.81. The first-order valence-corrected chi connectivity index (χ1v) is 13.0. The molecule has 0 fully saturated rings. The van der Waals surface area contributed by atoms with E-state index in [1.165, 1.54) is 30.0 Å². The van der Waals surface area contributed by atoms with E-state index in [0.29, 0.717) is 17.0 Å². The van der Waals surface area contributed by atoms with E-state index in [1.807, 2.05) is 37.3 Å². The summed E-state index contributed by atoms with van der Waals surface area (Å²) >= 11 is 1.23. The molecule has 0 radical (unpaired) electrons. The number of rotatable bonds is 8. The van der Waals surface area contributed by atoms with Crippen molar-refractivity contribution in [1.82, 2.24) is 0 Å². The Labute approximate surface area is 202 Å². The van der Waals surface area contributed by atoms with Gasteiger partial charge in [0.1, 0.15) is 16.4 Å². The Bertz CT molecular complexity index is 1450. The Hall–Kier alpha value is -3.49. The average molecular weight is 494 g/mol. The van der Waals surface area contributed by atoms with Crippen molar-refractivity contribution in [2.75, 3.05) is 10.5 Å². The summed E-state index contributed by atoms with van der Waals surface area (Å²) in [7, 11) is -3.78. The van der Waals surface area contributed by atoms with Gasteiger partial charge in [0.15, 0.2) is 0 Å². The largest absolute Gasteiger partial charge is 0.506 e. The van der Waals surface area contributed by atoms with Crippen molar-refractivity contribution in [2.24, 2.45) is 0 Å². The van der Waals surface area contributed by atoms with Crippen LogP contribution in [0.15, 0.2) is 104 Å². The summed E-state index contributed by atoms with van der Waals surface area (Å²) in [5.74, 6) is 0.582. The second kappa shape index (κ2) is 10.2. The molecule has 34 heavy (non-hydrogen) atoms. The van der Waals surface area contributed by atoms with E-state index in [2.05, 4.69) is 4.72 Å². The Kier molecular flexibility index (Phi) is 7.09. The molecule has 3 aromatic carbocycles. The van der Waals surface area contributed by atoms with Gasteiger partial charge in [-0.1, -0.05) is 60.2 Å². The SMILES string of the molecule is Cc1ccc(S(=O)(=O)Nc2cccc(-c3cc(O)c(SCCc4ccccc4)c(=O)o3)c2)cc1. The number of aromatic hydroxyl groups is 1. The summed E-state index contributed by atoms with van der Waals surface area (Å²) < 4.78 is 33.4. The maximum Gasteiger partial charge on any atom is 0.353 e. The number of nitrogens with one attached hydrogen (secondary N) is 1. The van der Waals surface area contributed by atoms with Crippen LogP contribution in [-0.2, 0) is 16.4 Å². The highest BCUT2D eigenvalue weighted by atomic mass is 32.2. The van der Waals surface area contributed by atoms with E-state index in [4.69, 9.17) is 4.42 Å². The summed E-state index contributed by atoms with van der Waals surface area (Å²) in [6.07, 6.45) is 0.745. The van der Waals surface area contributed by atoms with Gasteiger partial charge in [0, 0.05) is 23.1 Å². The standard InChI is InChI=1S/C26H23NO5S2/c1-18-10-12-22(13-11-18)34(30,31)27-21-9-5-8-20(16-21)24-17-23(28)25(26(29)32-24)33-15-14-19-6-3-2-4-7-19/h2-13,16-17,27-28H,14-15H2,1H3. The van der Waals surface area contributed by atoms with Gasteiger partial charge in [-0.05, 0) is 43.2 Å². The fraction of sp³-hybridized carbons (Fsp3) is 0.115. The molecular weight excluding hydrogens is 470 g/mol. The normalized spacial score (nSPS) is 11.3. The van der Waals surface area contributed by atoms with Crippen LogP contribution in [0.2, 0.25) is 0 Å². The zero-order valence-electron chi connectivity index (χ0n) is 18.4. The predicted molar refractivity (Wildman–Crippen MR) is 135 cm³/mol. The van der Waals surface area contributed by atoms with Gasteiger partial charge in [-0.15, -0.1) is 11.8 Å². The zero-order chi connectivity index (χ0) is 24.1. The van der Waals surface area contributed by atoms with Gasteiger partial charge in [0.05, 0.1) is 4.90 Å². The lowest BCUT2D eigenvalue weighted by Gasteiger charge is -2.10. The lowest BCUT2D eigenvalue weighted by molar-refractivity contribution is 0.430. The molecule has 8 heteroatoms. The van der Waals surface area contributed by atoms with Crippen LogP contribution in [0, 0.1) is 6.92 Å². The van der Waals surface area contributed by atoms with Crippen molar-refractivity contribution in [3.8, 4) is 17.1 Å². The first kappa shape index (κ1) is 23.7. The molecule has 1 heterocycles. The van der Waals surface area contributed by atoms with Crippen LogP contribution in [-0.4, -0.2) is 19.3 Å². The molecule has 6 nitrogen and oxygen atoms in total. The molecule has 0 amide bonds. The van der Waals surface area contributed by atoms with Gasteiger partial charge in [-0.3, -0.25) is 4.72 Å². The van der Waals surface area contributed by atoms with E-state index < -0.39 is 15.6 Å². The fourth-order valence-corrected chi connectivity index (χ4v) is 5.29. The van der Waals surface area contributed by atoms with Crippen LogP contribution in [0.3, 0.4) is 0 Å². The Morgan fingerprint density at radius 1 is 0.941 bits per heavy atom. The number of sulfonamides is 1. The highest BCUT2D eigenvalue weighted by molar-refractivity contribution is 7.99. The monoisotopic (exact) mass is 493 g/mol. The van der Waals surface area contributed by atoms with Crippen molar-refractivity contribution < 1.29 is 17.9 Å². The van der Waals surface area contributed by atoms with Gasteiger partial charge < -0.3 is 9.52 Å². The van der Waals surface area contributed by atoms with E-state index in [9.17, 15) is 18.3 Å². The van der Waals surface area contributed by atoms with Crippen molar-refractivity contribution in [3.05, 3.63) is 106 Å². The molecule has 4 aromatic rings. The lowest BCUT2D eigenvalue weighted by atomic mass is 10.1. The van der Waals surface area contributed by atoms with Gasteiger partial charge in [0.25, 0.3) is 10.0 Å². The molecule has 0 aliphatic heterocycles. The number of hydrogen-bond acceptors (Lipinski definition) is 6. The first-order valence-electron chi connectivity index (χ1n) is 10.6. The van der Waals surface area contributed by atoms with Crippen LogP contribution in [0.4, 0.5) is 5.69 Å². The molecule has 2 N–H and O–H groups in total. The molecule has 0 saturated heterocycles. The van der Waals surface area contributed by atoms with Crippen LogP contribution in [0.1, 0.15) is 11.1 Å². The second-order valence-corrected chi connectivity index (χ2v) is 10.5. The third-order valence-electron chi connectivity index (χ3n) is 5.10. The highest BCUT2D eigenvalue weighted by Gasteiger charge is 2.16. The maximum atomic E-state index is 12.7. The Morgan fingerprint density at radius 2 is 1.68 bits per heavy atom. The number of hydrogen-bond donors (Lipinski definition) is 2. The molecule has 0 atom stereocenters. The van der Waals surface area contributed by atoms with Gasteiger partial charge in [0.2, 0.25) is 0 Å². The van der Waals surface area contributed by atoms with Crippen molar-refractivity contribution in [1.29, 1.82) is 0 Å². The van der Waals surface area contributed by atoms with Crippen LogP contribution >= 0.6 is 11.8 Å². The van der Waals surface area contributed by atoms with Crippen LogP contribution in [0.25, 0.3) is 11.3 Å². The molecule has 0 aliphatic carbocycles. The molecule has 0 saturated carbocycles. The van der Waals surface area contributed by atoms with Gasteiger partial charge >= 0.3 is 5.63 Å². The minimum atomic E-state index is -3.78. The summed E-state index contributed by atoms with van der Waals surface area (Å²) in [4.78, 5) is 12.8. The lowest BCUT2D eigenvalue weighted by Crippen LogP contribution is -2.12. The number of aryl methyl sites for hydroxylation is 2. The van der Waals surface area contributed by atoms with Crippen molar-refractivity contribution in [3.63, 3.8) is 0 Å². The third kappa shape index (κ3) is 5.70.